The van der Waals surface area contributed by atoms with E-state index in [1.807, 2.05) is 6.92 Å². The fraction of sp³-hybridized carbons (Fsp3) is 0.556. The third-order valence-corrected chi connectivity index (χ3v) is 5.10. The predicted molar refractivity (Wildman–Crippen MR) is 89.1 cm³/mol. The van der Waals surface area contributed by atoms with Gasteiger partial charge < -0.3 is 15.1 Å². The summed E-state index contributed by atoms with van der Waals surface area (Å²) in [5, 5.41) is 12.3. The molecule has 1 aromatic rings. The number of hydrogen-bond donors (Lipinski definition) is 2. The molecule has 3 rings (SSSR count). The number of hydrogen-bond acceptors (Lipinski definition) is 3. The smallest absolute Gasteiger partial charge is 0.276 e. The first-order chi connectivity index (χ1) is 11.5. The van der Waals surface area contributed by atoms with Gasteiger partial charge in [-0.1, -0.05) is 0 Å². The number of piperazine rings is 1. The summed E-state index contributed by atoms with van der Waals surface area (Å²) in [6.45, 7) is 5.62. The maximum Gasteiger partial charge on any atom is 0.276 e. The number of benzene rings is 1. The van der Waals surface area contributed by atoms with Crippen molar-refractivity contribution in [2.75, 3.05) is 37.6 Å². The Morgan fingerprint density at radius 1 is 1.38 bits per heavy atom. The Kier molecular flexibility index (Phi) is 4.72. The predicted octanol–water partition coefficient (Wildman–Crippen LogP) is 0.339. The molecule has 1 aromatic carbocycles. The average Bonchev–Trinajstić information content (AvgIpc) is 3.41. The molecule has 1 saturated carbocycles. The third kappa shape index (κ3) is 3.85. The van der Waals surface area contributed by atoms with Crippen LogP contribution in [0.1, 0.15) is 19.8 Å². The third-order valence-electron chi connectivity index (χ3n) is 5.10. The molecule has 0 radical (unpaired) electrons. The number of nitriles is 1. The second kappa shape index (κ2) is 6.78. The first kappa shape index (κ1) is 16.7. The number of quaternary nitrogens is 1. The molecule has 0 unspecified atom stereocenters. The van der Waals surface area contributed by atoms with Crippen molar-refractivity contribution in [1.82, 2.24) is 5.32 Å². The molecule has 1 aliphatic heterocycles. The van der Waals surface area contributed by atoms with Crippen LogP contribution >= 0.6 is 0 Å². The minimum absolute atomic E-state index is 0.0452. The van der Waals surface area contributed by atoms with Gasteiger partial charge in [-0.05, 0) is 49.9 Å². The zero-order valence-corrected chi connectivity index (χ0v) is 14.0. The van der Waals surface area contributed by atoms with E-state index in [1.165, 1.54) is 17.0 Å². The van der Waals surface area contributed by atoms with E-state index >= 15 is 0 Å². The summed E-state index contributed by atoms with van der Waals surface area (Å²) < 4.78 is 13.0. The van der Waals surface area contributed by atoms with Crippen molar-refractivity contribution in [3.05, 3.63) is 30.1 Å². The number of nitrogens with one attached hydrogen (secondary N) is 2. The number of amides is 1. The highest BCUT2D eigenvalue weighted by molar-refractivity contribution is 5.78. The fourth-order valence-corrected chi connectivity index (χ4v) is 3.35. The van der Waals surface area contributed by atoms with Gasteiger partial charge in [-0.2, -0.15) is 5.26 Å². The van der Waals surface area contributed by atoms with Crippen molar-refractivity contribution >= 4 is 11.6 Å². The van der Waals surface area contributed by atoms with Gasteiger partial charge in [0.2, 0.25) is 0 Å². The number of nitrogens with zero attached hydrogens (tertiary/aromatic N) is 2. The lowest BCUT2D eigenvalue weighted by Gasteiger charge is -2.34. The summed E-state index contributed by atoms with van der Waals surface area (Å²) in [5.74, 6) is 0.0313. The van der Waals surface area contributed by atoms with Crippen LogP contribution in [0, 0.1) is 23.1 Å². The van der Waals surface area contributed by atoms with Crippen molar-refractivity contribution in [1.29, 1.82) is 5.26 Å². The lowest BCUT2D eigenvalue weighted by molar-refractivity contribution is -0.892. The molecule has 1 heterocycles. The molecular formula is C18H24FN4O+. The molecule has 1 aliphatic carbocycles. The van der Waals surface area contributed by atoms with E-state index in [1.54, 1.807) is 12.1 Å². The first-order valence-corrected chi connectivity index (χ1v) is 8.56. The van der Waals surface area contributed by atoms with Crippen LogP contribution in [0.5, 0.6) is 0 Å². The molecule has 6 heteroatoms. The molecule has 1 saturated heterocycles. The number of rotatable bonds is 5. The minimum atomic E-state index is -0.716. The topological polar surface area (TPSA) is 60.6 Å². The largest absolute Gasteiger partial charge is 0.360 e. The van der Waals surface area contributed by atoms with Crippen LogP contribution in [0.25, 0.3) is 0 Å². The normalized spacial score (nSPS) is 21.0. The Bertz CT molecular complexity index is 629. The molecule has 2 N–H and O–H groups in total. The van der Waals surface area contributed by atoms with Crippen LogP contribution in [-0.2, 0) is 4.79 Å². The Morgan fingerprint density at radius 3 is 2.54 bits per heavy atom. The molecule has 0 bridgehead atoms. The molecule has 2 aliphatic rings. The molecule has 128 valence electrons. The van der Waals surface area contributed by atoms with E-state index in [2.05, 4.69) is 16.3 Å². The van der Waals surface area contributed by atoms with Gasteiger partial charge in [0.25, 0.3) is 5.91 Å². The van der Waals surface area contributed by atoms with E-state index in [4.69, 9.17) is 0 Å². The second-order valence-corrected chi connectivity index (χ2v) is 7.03. The van der Waals surface area contributed by atoms with Crippen LogP contribution in [0.4, 0.5) is 10.1 Å². The van der Waals surface area contributed by atoms with E-state index in [0.717, 1.165) is 44.7 Å². The van der Waals surface area contributed by atoms with E-state index in [-0.39, 0.29) is 11.7 Å². The lowest BCUT2D eigenvalue weighted by atomic mass is 9.98. The maximum absolute atomic E-state index is 13.0. The molecule has 5 nitrogen and oxygen atoms in total. The second-order valence-electron chi connectivity index (χ2n) is 7.03. The van der Waals surface area contributed by atoms with Crippen LogP contribution in [0.3, 0.4) is 0 Å². The summed E-state index contributed by atoms with van der Waals surface area (Å²) in [4.78, 5) is 15.7. The van der Waals surface area contributed by atoms with Crippen molar-refractivity contribution in [2.45, 2.75) is 25.3 Å². The number of carbonyl (C=O) groups is 1. The molecule has 24 heavy (non-hydrogen) atoms. The Labute approximate surface area is 142 Å². The molecular weight excluding hydrogens is 307 g/mol. The molecule has 1 atom stereocenters. The standard InChI is InChI=1S/C18H23FN4O/c1-18(13-20,14-2-3-14)21-17(24)12-22-8-10-23(11-9-22)16-6-4-15(19)5-7-16/h4-7,14H,2-3,8-12H2,1H3,(H,21,24)/p+1/t18-/m0/s1. The Hall–Kier alpha value is -2.13. The highest BCUT2D eigenvalue weighted by Crippen LogP contribution is 2.39. The van der Waals surface area contributed by atoms with E-state index < -0.39 is 5.54 Å². The van der Waals surface area contributed by atoms with Gasteiger partial charge in [-0.25, -0.2) is 4.39 Å². The van der Waals surface area contributed by atoms with Crippen molar-refractivity contribution in [2.24, 2.45) is 5.92 Å². The fourth-order valence-electron chi connectivity index (χ4n) is 3.35. The molecule has 2 fully saturated rings. The van der Waals surface area contributed by atoms with Gasteiger partial charge in [0.05, 0.1) is 32.2 Å². The van der Waals surface area contributed by atoms with Crippen molar-refractivity contribution in [3.63, 3.8) is 0 Å². The Morgan fingerprint density at radius 2 is 2.00 bits per heavy atom. The van der Waals surface area contributed by atoms with Gasteiger partial charge in [0, 0.05) is 5.69 Å². The maximum atomic E-state index is 13.0. The minimum Gasteiger partial charge on any atom is -0.360 e. The summed E-state index contributed by atoms with van der Waals surface area (Å²) >= 11 is 0. The SMILES string of the molecule is C[C@@](C#N)(NC(=O)C[NH+]1CCN(c2ccc(F)cc2)CC1)C1CC1. The van der Waals surface area contributed by atoms with Gasteiger partial charge >= 0.3 is 0 Å². The zero-order chi connectivity index (χ0) is 17.2. The van der Waals surface area contributed by atoms with Gasteiger partial charge in [-0.15, -0.1) is 0 Å². The van der Waals surface area contributed by atoms with Crippen LogP contribution in [0.2, 0.25) is 0 Å². The van der Waals surface area contributed by atoms with Crippen molar-refractivity contribution in [3.8, 4) is 6.07 Å². The number of halogens is 1. The lowest BCUT2D eigenvalue weighted by Crippen LogP contribution is -3.16. The summed E-state index contributed by atoms with van der Waals surface area (Å²) in [5.41, 5.74) is 0.303. The van der Waals surface area contributed by atoms with Crippen LogP contribution in [-0.4, -0.2) is 44.2 Å². The van der Waals surface area contributed by atoms with E-state index in [0.29, 0.717) is 12.5 Å². The van der Waals surface area contributed by atoms with Crippen LogP contribution < -0.4 is 15.1 Å². The summed E-state index contributed by atoms with van der Waals surface area (Å²) in [6.07, 6.45) is 2.04. The van der Waals surface area contributed by atoms with Gasteiger partial charge in [0.15, 0.2) is 6.54 Å². The molecule has 1 amide bonds. The highest BCUT2D eigenvalue weighted by atomic mass is 19.1. The number of carbonyl (C=O) groups excluding carboxylic acids is 1. The number of anilines is 1. The molecule has 0 spiro atoms. The van der Waals surface area contributed by atoms with Crippen LogP contribution in [0.15, 0.2) is 24.3 Å². The summed E-state index contributed by atoms with van der Waals surface area (Å²) in [6, 6.07) is 8.80. The first-order valence-electron chi connectivity index (χ1n) is 8.56. The quantitative estimate of drug-likeness (QED) is 0.818. The molecule has 0 aromatic heterocycles. The summed E-state index contributed by atoms with van der Waals surface area (Å²) in [7, 11) is 0. The monoisotopic (exact) mass is 331 g/mol. The highest BCUT2D eigenvalue weighted by Gasteiger charge is 2.43. The Balaban J connectivity index is 1.47. The van der Waals surface area contributed by atoms with E-state index in [9.17, 15) is 14.4 Å². The zero-order valence-electron chi connectivity index (χ0n) is 14.0. The van der Waals surface area contributed by atoms with Crippen molar-refractivity contribution < 1.29 is 14.1 Å². The van der Waals surface area contributed by atoms with Gasteiger partial charge in [-0.3, -0.25) is 4.79 Å². The van der Waals surface area contributed by atoms with Gasteiger partial charge in [0.1, 0.15) is 11.4 Å². The average molecular weight is 331 g/mol.